The summed E-state index contributed by atoms with van der Waals surface area (Å²) < 4.78 is 57.7. The molecule has 158 valence electrons. The zero-order chi connectivity index (χ0) is 21.5. The second kappa shape index (κ2) is 9.97. The topological polar surface area (TPSA) is 66.9 Å². The standard InChI is InChI=1S/C20H16F3NO5S/c1-26-17-8-12(2-7-16(17)29-20(22)23)9-28-19(25)15-11-30-18(24-15)10-27-14-5-3-13(21)4-6-14/h2-8,11,20H,9-10H2,1H3. The van der Waals surface area contributed by atoms with E-state index < -0.39 is 12.6 Å². The minimum absolute atomic E-state index is 0.0951. The highest BCUT2D eigenvalue weighted by molar-refractivity contribution is 7.09. The van der Waals surface area contributed by atoms with Crippen molar-refractivity contribution in [1.82, 2.24) is 4.98 Å². The first kappa shape index (κ1) is 21.4. The van der Waals surface area contributed by atoms with Gasteiger partial charge in [-0.15, -0.1) is 11.3 Å². The first-order chi connectivity index (χ1) is 14.4. The SMILES string of the molecule is COc1cc(COC(=O)c2csc(COc3ccc(F)cc3)n2)ccc1OC(F)F. The molecule has 2 aromatic carbocycles. The Morgan fingerprint density at radius 2 is 1.87 bits per heavy atom. The Hall–Kier alpha value is -3.27. The van der Waals surface area contributed by atoms with Gasteiger partial charge in [0.25, 0.3) is 0 Å². The molecule has 0 saturated carbocycles. The quantitative estimate of drug-likeness (QED) is 0.445. The summed E-state index contributed by atoms with van der Waals surface area (Å²) in [4.78, 5) is 16.3. The molecule has 30 heavy (non-hydrogen) atoms. The monoisotopic (exact) mass is 439 g/mol. The van der Waals surface area contributed by atoms with E-state index in [1.807, 2.05) is 0 Å². The maximum Gasteiger partial charge on any atom is 0.387 e. The Morgan fingerprint density at radius 3 is 2.57 bits per heavy atom. The van der Waals surface area contributed by atoms with Gasteiger partial charge in [0.05, 0.1) is 7.11 Å². The zero-order valence-corrected chi connectivity index (χ0v) is 16.5. The van der Waals surface area contributed by atoms with Crippen LogP contribution in [-0.2, 0) is 18.0 Å². The van der Waals surface area contributed by atoms with Crippen molar-refractivity contribution < 1.29 is 36.9 Å². The normalized spacial score (nSPS) is 10.7. The molecule has 0 aliphatic heterocycles. The molecule has 0 aliphatic rings. The third kappa shape index (κ3) is 5.86. The van der Waals surface area contributed by atoms with Gasteiger partial charge in [0.1, 0.15) is 29.8 Å². The second-order valence-corrected chi connectivity index (χ2v) is 6.75. The predicted octanol–water partition coefficient (Wildman–Crippen LogP) is 4.83. The van der Waals surface area contributed by atoms with E-state index in [-0.39, 0.29) is 36.2 Å². The lowest BCUT2D eigenvalue weighted by molar-refractivity contribution is -0.0512. The number of nitrogens with zero attached hydrogens (tertiary/aromatic N) is 1. The molecular formula is C20H16F3NO5S. The average molecular weight is 439 g/mol. The van der Waals surface area contributed by atoms with Crippen molar-refractivity contribution in [2.75, 3.05) is 7.11 Å². The predicted molar refractivity (Wildman–Crippen MR) is 102 cm³/mol. The number of hydrogen-bond donors (Lipinski definition) is 0. The Kier molecular flexibility index (Phi) is 7.12. The molecule has 10 heteroatoms. The number of methoxy groups -OCH3 is 1. The molecule has 0 spiro atoms. The van der Waals surface area contributed by atoms with Gasteiger partial charge in [-0.1, -0.05) is 6.07 Å². The van der Waals surface area contributed by atoms with Crippen molar-refractivity contribution in [3.05, 3.63) is 69.9 Å². The number of thiazole rings is 1. The van der Waals surface area contributed by atoms with E-state index in [0.717, 1.165) is 0 Å². The van der Waals surface area contributed by atoms with Crippen molar-refractivity contribution in [3.63, 3.8) is 0 Å². The van der Waals surface area contributed by atoms with Gasteiger partial charge in [0, 0.05) is 5.38 Å². The smallest absolute Gasteiger partial charge is 0.387 e. The summed E-state index contributed by atoms with van der Waals surface area (Å²) in [5.74, 6) is -0.559. The highest BCUT2D eigenvalue weighted by Gasteiger charge is 2.15. The second-order valence-electron chi connectivity index (χ2n) is 5.81. The summed E-state index contributed by atoms with van der Waals surface area (Å²) in [5, 5.41) is 2.08. The summed E-state index contributed by atoms with van der Waals surface area (Å²) >= 11 is 1.22. The molecule has 0 fully saturated rings. The van der Waals surface area contributed by atoms with E-state index in [0.29, 0.717) is 16.3 Å². The van der Waals surface area contributed by atoms with Crippen LogP contribution in [0, 0.1) is 5.82 Å². The summed E-state index contributed by atoms with van der Waals surface area (Å²) in [6, 6.07) is 9.77. The van der Waals surface area contributed by atoms with Gasteiger partial charge in [0.15, 0.2) is 17.2 Å². The number of hydrogen-bond acceptors (Lipinski definition) is 7. The number of ether oxygens (including phenoxy) is 4. The molecule has 0 aliphatic carbocycles. The number of aromatic nitrogens is 1. The van der Waals surface area contributed by atoms with Gasteiger partial charge in [0.2, 0.25) is 0 Å². The molecular weight excluding hydrogens is 423 g/mol. The van der Waals surface area contributed by atoms with Crippen LogP contribution < -0.4 is 14.2 Å². The van der Waals surface area contributed by atoms with Crippen molar-refractivity contribution in [2.24, 2.45) is 0 Å². The van der Waals surface area contributed by atoms with E-state index in [1.54, 1.807) is 0 Å². The van der Waals surface area contributed by atoms with E-state index in [4.69, 9.17) is 14.2 Å². The van der Waals surface area contributed by atoms with E-state index in [2.05, 4.69) is 9.72 Å². The van der Waals surface area contributed by atoms with Gasteiger partial charge in [-0.3, -0.25) is 0 Å². The Bertz CT molecular complexity index is 994. The summed E-state index contributed by atoms with van der Waals surface area (Å²) in [5.41, 5.74) is 0.638. The summed E-state index contributed by atoms with van der Waals surface area (Å²) in [6.45, 7) is -2.97. The van der Waals surface area contributed by atoms with Crippen LogP contribution in [0.4, 0.5) is 13.2 Å². The van der Waals surface area contributed by atoms with Crippen molar-refractivity contribution in [2.45, 2.75) is 19.8 Å². The minimum Gasteiger partial charge on any atom is -0.493 e. The van der Waals surface area contributed by atoms with Crippen LogP contribution in [0.2, 0.25) is 0 Å². The first-order valence-electron chi connectivity index (χ1n) is 8.56. The van der Waals surface area contributed by atoms with Crippen molar-refractivity contribution >= 4 is 17.3 Å². The Morgan fingerprint density at radius 1 is 1.10 bits per heavy atom. The molecule has 0 radical (unpaired) electrons. The minimum atomic E-state index is -2.98. The average Bonchev–Trinajstić information content (AvgIpc) is 3.21. The van der Waals surface area contributed by atoms with Gasteiger partial charge >= 0.3 is 12.6 Å². The number of rotatable bonds is 9. The number of carbonyl (C=O) groups is 1. The number of esters is 1. The van der Waals surface area contributed by atoms with E-state index in [9.17, 15) is 18.0 Å². The van der Waals surface area contributed by atoms with Gasteiger partial charge in [-0.05, 0) is 42.0 Å². The highest BCUT2D eigenvalue weighted by atomic mass is 32.1. The number of alkyl halides is 2. The lowest BCUT2D eigenvalue weighted by Crippen LogP contribution is -2.07. The van der Waals surface area contributed by atoms with Crippen molar-refractivity contribution in [1.29, 1.82) is 0 Å². The highest BCUT2D eigenvalue weighted by Crippen LogP contribution is 2.29. The van der Waals surface area contributed by atoms with E-state index in [1.165, 1.54) is 66.3 Å². The van der Waals surface area contributed by atoms with Crippen molar-refractivity contribution in [3.8, 4) is 17.2 Å². The number of carbonyl (C=O) groups excluding carboxylic acids is 1. The van der Waals surface area contributed by atoms with Crippen LogP contribution in [0.25, 0.3) is 0 Å². The van der Waals surface area contributed by atoms with Crippen LogP contribution >= 0.6 is 11.3 Å². The molecule has 0 atom stereocenters. The molecule has 1 heterocycles. The van der Waals surface area contributed by atoms with Gasteiger partial charge in [-0.25, -0.2) is 14.2 Å². The van der Waals surface area contributed by atoms with Crippen LogP contribution in [0.1, 0.15) is 21.1 Å². The summed E-state index contributed by atoms with van der Waals surface area (Å²) in [6.07, 6.45) is 0. The molecule has 3 aromatic rings. The third-order valence-electron chi connectivity index (χ3n) is 3.75. The van der Waals surface area contributed by atoms with Crippen LogP contribution in [0.3, 0.4) is 0 Å². The van der Waals surface area contributed by atoms with E-state index >= 15 is 0 Å². The van der Waals surface area contributed by atoms with Gasteiger partial charge < -0.3 is 18.9 Å². The maximum absolute atomic E-state index is 12.9. The molecule has 3 rings (SSSR count). The Balaban J connectivity index is 1.54. The Labute approximate surface area is 173 Å². The fraction of sp³-hybridized carbons (Fsp3) is 0.200. The first-order valence-corrected chi connectivity index (χ1v) is 9.44. The zero-order valence-electron chi connectivity index (χ0n) is 15.6. The fourth-order valence-corrected chi connectivity index (χ4v) is 3.04. The molecule has 0 saturated heterocycles. The largest absolute Gasteiger partial charge is 0.493 e. The third-order valence-corrected chi connectivity index (χ3v) is 4.57. The number of halogens is 3. The van der Waals surface area contributed by atoms with Crippen LogP contribution in [0.15, 0.2) is 47.8 Å². The molecule has 0 unspecified atom stereocenters. The van der Waals surface area contributed by atoms with Crippen LogP contribution in [-0.4, -0.2) is 24.7 Å². The van der Waals surface area contributed by atoms with Crippen LogP contribution in [0.5, 0.6) is 17.2 Å². The lowest BCUT2D eigenvalue weighted by atomic mass is 10.2. The molecule has 0 bridgehead atoms. The fourth-order valence-electron chi connectivity index (χ4n) is 2.36. The molecule has 0 amide bonds. The number of benzene rings is 2. The molecule has 0 N–H and O–H groups in total. The maximum atomic E-state index is 12.9. The lowest BCUT2D eigenvalue weighted by Gasteiger charge is -2.11. The summed E-state index contributed by atoms with van der Waals surface area (Å²) in [7, 11) is 1.31. The molecule has 6 nitrogen and oxygen atoms in total. The van der Waals surface area contributed by atoms with Gasteiger partial charge in [-0.2, -0.15) is 8.78 Å². The molecule has 1 aromatic heterocycles.